The molecule has 1 saturated heterocycles. The third kappa shape index (κ3) is 3.50. The highest BCUT2D eigenvalue weighted by molar-refractivity contribution is 7.89. The number of rotatable bonds is 4. The molecule has 4 aromatic rings. The summed E-state index contributed by atoms with van der Waals surface area (Å²) in [5.41, 5.74) is 1.75. The Kier molecular flexibility index (Phi) is 4.90. The summed E-state index contributed by atoms with van der Waals surface area (Å²) in [4.78, 5) is 19.0. The Labute approximate surface area is 197 Å². The number of para-hydroxylation sites is 1. The smallest absolute Gasteiger partial charge is 0.245 e. The first-order chi connectivity index (χ1) is 15.9. The Balaban J connectivity index is 1.32. The molecule has 2 fully saturated rings. The Hall–Kier alpha value is -2.62. The van der Waals surface area contributed by atoms with Crippen LogP contribution in [0.25, 0.3) is 21.1 Å². The number of pyridine rings is 1. The molecular formula is C24H25N5O2S2. The summed E-state index contributed by atoms with van der Waals surface area (Å²) < 4.78 is 28.6. The van der Waals surface area contributed by atoms with E-state index < -0.39 is 10.0 Å². The molecular weight excluding hydrogens is 454 g/mol. The highest BCUT2D eigenvalue weighted by Crippen LogP contribution is 2.42. The maximum absolute atomic E-state index is 13.5. The third-order valence-electron chi connectivity index (χ3n) is 6.72. The van der Waals surface area contributed by atoms with Gasteiger partial charge in [-0.15, -0.1) is 11.3 Å². The van der Waals surface area contributed by atoms with Crippen molar-refractivity contribution in [1.29, 1.82) is 0 Å². The molecule has 33 heavy (non-hydrogen) atoms. The van der Waals surface area contributed by atoms with Crippen molar-refractivity contribution in [2.75, 3.05) is 31.1 Å². The van der Waals surface area contributed by atoms with E-state index in [-0.39, 0.29) is 4.90 Å². The van der Waals surface area contributed by atoms with Crippen molar-refractivity contribution in [3.05, 3.63) is 52.8 Å². The average molecular weight is 480 g/mol. The summed E-state index contributed by atoms with van der Waals surface area (Å²) in [6, 6.07) is 9.05. The number of thiophene rings is 1. The van der Waals surface area contributed by atoms with Crippen LogP contribution in [-0.4, -0.2) is 53.9 Å². The molecule has 1 saturated carbocycles. The Bertz CT molecular complexity index is 1480. The van der Waals surface area contributed by atoms with E-state index in [1.807, 2.05) is 18.2 Å². The second-order valence-corrected chi connectivity index (χ2v) is 12.0. The molecule has 9 heteroatoms. The third-order valence-corrected chi connectivity index (χ3v) is 9.75. The molecule has 3 aromatic heterocycles. The summed E-state index contributed by atoms with van der Waals surface area (Å²) in [5.74, 6) is 2.37. The monoisotopic (exact) mass is 479 g/mol. The standard InChI is InChI=1S/C24H25N5O2S2/c1-15-16(2)32-24-20(15)23(26-22(27-24)18-8-9-18)28-11-13-29(14-12-28)33(30,31)19-7-3-5-17-6-4-10-25-21(17)19/h3-7,10,18H,8-9,11-14H2,1-2H3. The number of hydrogen-bond acceptors (Lipinski definition) is 7. The van der Waals surface area contributed by atoms with Gasteiger partial charge in [0.15, 0.2) is 0 Å². The highest BCUT2D eigenvalue weighted by Gasteiger charge is 2.33. The molecule has 1 aliphatic carbocycles. The van der Waals surface area contributed by atoms with Crippen molar-refractivity contribution in [2.24, 2.45) is 0 Å². The fourth-order valence-electron chi connectivity index (χ4n) is 4.56. The minimum atomic E-state index is -3.64. The maximum Gasteiger partial charge on any atom is 0.245 e. The molecule has 1 aliphatic heterocycles. The molecule has 170 valence electrons. The van der Waals surface area contributed by atoms with Gasteiger partial charge in [-0.05, 0) is 44.4 Å². The van der Waals surface area contributed by atoms with E-state index in [2.05, 4.69) is 23.7 Å². The summed E-state index contributed by atoms with van der Waals surface area (Å²) in [5, 5.41) is 1.95. The molecule has 1 aromatic carbocycles. The van der Waals surface area contributed by atoms with E-state index in [1.54, 1.807) is 34.0 Å². The molecule has 0 amide bonds. The molecule has 0 radical (unpaired) electrons. The van der Waals surface area contributed by atoms with Crippen molar-refractivity contribution in [1.82, 2.24) is 19.3 Å². The molecule has 0 unspecified atom stereocenters. The fourth-order valence-corrected chi connectivity index (χ4v) is 7.18. The summed E-state index contributed by atoms with van der Waals surface area (Å²) >= 11 is 1.73. The number of anilines is 1. The first kappa shape index (κ1) is 20.9. The van der Waals surface area contributed by atoms with E-state index in [0.717, 1.165) is 40.1 Å². The minimum Gasteiger partial charge on any atom is -0.353 e. The second kappa shape index (κ2) is 7.72. The van der Waals surface area contributed by atoms with Crippen LogP contribution in [0, 0.1) is 13.8 Å². The zero-order chi connectivity index (χ0) is 22.7. The number of nitrogens with zero attached hydrogens (tertiary/aromatic N) is 5. The SMILES string of the molecule is Cc1sc2nc(C3CC3)nc(N3CCN(S(=O)(=O)c4cccc5cccnc45)CC3)c2c1C. The zero-order valence-corrected chi connectivity index (χ0v) is 20.3. The van der Waals surface area contributed by atoms with Crippen LogP contribution >= 0.6 is 11.3 Å². The topological polar surface area (TPSA) is 79.3 Å². The number of benzene rings is 1. The number of sulfonamides is 1. The van der Waals surface area contributed by atoms with Crippen molar-refractivity contribution < 1.29 is 8.42 Å². The summed E-state index contributed by atoms with van der Waals surface area (Å²) in [7, 11) is -3.64. The normalized spacial score (nSPS) is 17.8. The van der Waals surface area contributed by atoms with Gasteiger partial charge in [0.2, 0.25) is 10.0 Å². The largest absolute Gasteiger partial charge is 0.353 e. The molecule has 2 aliphatic rings. The van der Waals surface area contributed by atoms with Crippen molar-refractivity contribution in [2.45, 2.75) is 37.5 Å². The van der Waals surface area contributed by atoms with Crippen molar-refractivity contribution in [3.8, 4) is 0 Å². The summed E-state index contributed by atoms with van der Waals surface area (Å²) in [6.07, 6.45) is 3.95. The van der Waals surface area contributed by atoms with E-state index in [4.69, 9.17) is 9.97 Å². The van der Waals surface area contributed by atoms with Gasteiger partial charge in [-0.1, -0.05) is 18.2 Å². The number of aryl methyl sites for hydroxylation is 2. The van der Waals surface area contributed by atoms with Gasteiger partial charge in [-0.3, -0.25) is 4.98 Å². The lowest BCUT2D eigenvalue weighted by Crippen LogP contribution is -2.49. The van der Waals surface area contributed by atoms with E-state index >= 15 is 0 Å². The Morgan fingerprint density at radius 3 is 2.52 bits per heavy atom. The van der Waals surface area contributed by atoms with Gasteiger partial charge in [-0.2, -0.15) is 4.31 Å². The van der Waals surface area contributed by atoms with Crippen LogP contribution in [-0.2, 0) is 10.0 Å². The van der Waals surface area contributed by atoms with Gasteiger partial charge >= 0.3 is 0 Å². The Morgan fingerprint density at radius 2 is 1.76 bits per heavy atom. The average Bonchev–Trinajstić information content (AvgIpc) is 3.64. The van der Waals surface area contributed by atoms with Gasteiger partial charge < -0.3 is 4.90 Å². The lowest BCUT2D eigenvalue weighted by molar-refractivity contribution is 0.384. The first-order valence-corrected chi connectivity index (χ1v) is 13.6. The van der Waals surface area contributed by atoms with Crippen LogP contribution in [0.3, 0.4) is 0 Å². The first-order valence-electron chi connectivity index (χ1n) is 11.3. The van der Waals surface area contributed by atoms with Crippen molar-refractivity contribution in [3.63, 3.8) is 0 Å². The lowest BCUT2D eigenvalue weighted by atomic mass is 10.2. The van der Waals surface area contributed by atoms with Crippen LogP contribution in [0.1, 0.15) is 35.0 Å². The van der Waals surface area contributed by atoms with Gasteiger partial charge in [0.25, 0.3) is 0 Å². The predicted molar refractivity (Wildman–Crippen MR) is 132 cm³/mol. The quantitative estimate of drug-likeness (QED) is 0.436. The number of aromatic nitrogens is 3. The van der Waals surface area contributed by atoms with Crippen LogP contribution in [0.2, 0.25) is 0 Å². The van der Waals surface area contributed by atoms with E-state index in [1.165, 1.54) is 10.4 Å². The number of hydrogen-bond donors (Lipinski definition) is 0. The second-order valence-electron chi connectivity index (χ2n) is 8.87. The molecule has 0 spiro atoms. The predicted octanol–water partition coefficient (Wildman–Crippen LogP) is 4.24. The number of fused-ring (bicyclic) bond motifs is 2. The van der Waals surface area contributed by atoms with Gasteiger partial charge in [0.05, 0.1) is 10.9 Å². The van der Waals surface area contributed by atoms with E-state index in [0.29, 0.717) is 37.6 Å². The highest BCUT2D eigenvalue weighted by atomic mass is 32.2. The van der Waals surface area contributed by atoms with Crippen LogP contribution < -0.4 is 4.90 Å². The van der Waals surface area contributed by atoms with Gasteiger partial charge in [0.1, 0.15) is 21.4 Å². The van der Waals surface area contributed by atoms with Crippen LogP contribution in [0.5, 0.6) is 0 Å². The Morgan fingerprint density at radius 1 is 1.00 bits per heavy atom. The van der Waals surface area contributed by atoms with Crippen LogP contribution in [0.4, 0.5) is 5.82 Å². The van der Waals surface area contributed by atoms with Crippen LogP contribution in [0.15, 0.2) is 41.4 Å². The fraction of sp³-hybridized carbons (Fsp3) is 0.375. The maximum atomic E-state index is 13.5. The van der Waals surface area contributed by atoms with E-state index in [9.17, 15) is 8.42 Å². The molecule has 7 nitrogen and oxygen atoms in total. The number of piperazine rings is 1. The van der Waals surface area contributed by atoms with Gasteiger partial charge in [0, 0.05) is 48.6 Å². The van der Waals surface area contributed by atoms with Crippen molar-refractivity contribution >= 4 is 48.3 Å². The summed E-state index contributed by atoms with van der Waals surface area (Å²) in [6.45, 7) is 6.29. The molecule has 0 N–H and O–H groups in total. The zero-order valence-electron chi connectivity index (χ0n) is 18.7. The molecule has 0 bridgehead atoms. The molecule has 4 heterocycles. The molecule has 6 rings (SSSR count). The lowest BCUT2D eigenvalue weighted by Gasteiger charge is -2.35. The molecule has 0 atom stereocenters. The van der Waals surface area contributed by atoms with Gasteiger partial charge in [-0.25, -0.2) is 18.4 Å². The minimum absolute atomic E-state index is 0.277.